The molecule has 0 fully saturated rings. The second kappa shape index (κ2) is 6.47. The number of benzene rings is 1. The number of rotatable bonds is 3. The first-order valence-electron chi connectivity index (χ1n) is 6.22. The van der Waals surface area contributed by atoms with Crippen molar-refractivity contribution in [2.75, 3.05) is 6.61 Å². The summed E-state index contributed by atoms with van der Waals surface area (Å²) in [4.78, 5) is 14.3. The fourth-order valence-corrected chi connectivity index (χ4v) is 1.93. The average Bonchev–Trinajstić information content (AvgIpc) is 2.81. The molecular formula is C15H14ClNO3. The Labute approximate surface area is 121 Å². The molecule has 1 heterocycles. The number of fused-ring (bicyclic) bond motifs is 1. The predicted octanol–water partition coefficient (Wildman–Crippen LogP) is 2.49. The van der Waals surface area contributed by atoms with E-state index in [4.69, 9.17) is 16.3 Å². The number of aliphatic hydroxyl groups is 1. The lowest BCUT2D eigenvalue weighted by atomic mass is 10.1. The summed E-state index contributed by atoms with van der Waals surface area (Å²) in [5.74, 6) is 5.04. The second-order valence-electron chi connectivity index (χ2n) is 4.17. The summed E-state index contributed by atoms with van der Waals surface area (Å²) in [6.07, 6.45) is 0.591. The average molecular weight is 292 g/mol. The van der Waals surface area contributed by atoms with Gasteiger partial charge in [0.1, 0.15) is 0 Å². The van der Waals surface area contributed by atoms with Crippen LogP contribution in [0, 0.1) is 11.8 Å². The first kappa shape index (κ1) is 14.4. The molecule has 1 aromatic heterocycles. The zero-order chi connectivity index (χ0) is 14.5. The molecule has 0 bridgehead atoms. The SMILES string of the molecule is CCOC(=O)C(O)CC#Cc1c[nH]c2ccc(Cl)cc12. The Bertz CT molecular complexity index is 681. The van der Waals surface area contributed by atoms with Crippen LogP contribution in [0.3, 0.4) is 0 Å². The van der Waals surface area contributed by atoms with Gasteiger partial charge in [-0.2, -0.15) is 0 Å². The molecule has 0 aliphatic heterocycles. The largest absolute Gasteiger partial charge is 0.464 e. The number of carbonyl (C=O) groups excluding carboxylic acids is 1. The highest BCUT2D eigenvalue weighted by Crippen LogP contribution is 2.21. The number of H-pyrrole nitrogens is 1. The summed E-state index contributed by atoms with van der Waals surface area (Å²) in [6.45, 7) is 1.93. The van der Waals surface area contributed by atoms with E-state index in [0.717, 1.165) is 16.5 Å². The van der Waals surface area contributed by atoms with Gasteiger partial charge < -0.3 is 14.8 Å². The number of carbonyl (C=O) groups is 1. The lowest BCUT2D eigenvalue weighted by Gasteiger charge is -2.04. The highest BCUT2D eigenvalue weighted by Gasteiger charge is 2.14. The Morgan fingerprint density at radius 1 is 1.55 bits per heavy atom. The van der Waals surface area contributed by atoms with Crippen LogP contribution >= 0.6 is 11.6 Å². The molecule has 1 aromatic carbocycles. The van der Waals surface area contributed by atoms with Gasteiger partial charge in [0.25, 0.3) is 0 Å². The van der Waals surface area contributed by atoms with Crippen LogP contribution in [0.15, 0.2) is 24.4 Å². The van der Waals surface area contributed by atoms with Crippen LogP contribution < -0.4 is 0 Å². The number of aromatic nitrogens is 1. The predicted molar refractivity (Wildman–Crippen MR) is 77.4 cm³/mol. The minimum Gasteiger partial charge on any atom is -0.464 e. The number of esters is 1. The Morgan fingerprint density at radius 2 is 2.35 bits per heavy atom. The number of hydrogen-bond acceptors (Lipinski definition) is 3. The van der Waals surface area contributed by atoms with E-state index >= 15 is 0 Å². The summed E-state index contributed by atoms with van der Waals surface area (Å²) < 4.78 is 4.70. The maximum absolute atomic E-state index is 11.2. The Hall–Kier alpha value is -1.96. The van der Waals surface area contributed by atoms with E-state index < -0.39 is 12.1 Å². The number of ether oxygens (including phenoxy) is 1. The van der Waals surface area contributed by atoms with Crippen molar-refractivity contribution in [3.8, 4) is 11.8 Å². The van der Waals surface area contributed by atoms with Crippen molar-refractivity contribution in [1.29, 1.82) is 0 Å². The van der Waals surface area contributed by atoms with Crippen molar-refractivity contribution in [2.24, 2.45) is 0 Å². The third kappa shape index (κ3) is 3.32. The summed E-state index contributed by atoms with van der Waals surface area (Å²) in [7, 11) is 0. The number of nitrogens with one attached hydrogen (secondary N) is 1. The normalized spacial score (nSPS) is 11.8. The number of aromatic amines is 1. The van der Waals surface area contributed by atoms with Crippen molar-refractivity contribution in [1.82, 2.24) is 4.98 Å². The van der Waals surface area contributed by atoms with Crippen molar-refractivity contribution in [3.63, 3.8) is 0 Å². The molecule has 0 aliphatic carbocycles. The van der Waals surface area contributed by atoms with Crippen molar-refractivity contribution < 1.29 is 14.6 Å². The smallest absolute Gasteiger partial charge is 0.335 e. The molecule has 2 rings (SSSR count). The van der Waals surface area contributed by atoms with Crippen LogP contribution in [0.25, 0.3) is 10.9 Å². The Morgan fingerprint density at radius 3 is 3.10 bits per heavy atom. The molecule has 0 spiro atoms. The van der Waals surface area contributed by atoms with Gasteiger partial charge in [0.05, 0.1) is 6.61 Å². The molecule has 20 heavy (non-hydrogen) atoms. The van der Waals surface area contributed by atoms with Gasteiger partial charge in [-0.15, -0.1) is 0 Å². The second-order valence-corrected chi connectivity index (χ2v) is 4.60. The topological polar surface area (TPSA) is 62.3 Å². The van der Waals surface area contributed by atoms with Crippen LogP contribution in [-0.2, 0) is 9.53 Å². The fraction of sp³-hybridized carbons (Fsp3) is 0.267. The maximum Gasteiger partial charge on any atom is 0.335 e. The number of hydrogen-bond donors (Lipinski definition) is 2. The van der Waals surface area contributed by atoms with E-state index in [1.165, 1.54) is 0 Å². The molecule has 4 nitrogen and oxygen atoms in total. The van der Waals surface area contributed by atoms with Crippen molar-refractivity contribution in [3.05, 3.63) is 35.0 Å². The van der Waals surface area contributed by atoms with Gasteiger partial charge in [-0.1, -0.05) is 23.4 Å². The van der Waals surface area contributed by atoms with Gasteiger partial charge in [-0.05, 0) is 25.1 Å². The standard InChI is InChI=1S/C15H14ClNO3/c1-2-20-15(19)14(18)5-3-4-10-9-17-13-7-6-11(16)8-12(10)13/h6-9,14,17-18H,2,5H2,1H3. The first-order valence-corrected chi connectivity index (χ1v) is 6.60. The van der Waals surface area contributed by atoms with E-state index in [2.05, 4.69) is 16.8 Å². The van der Waals surface area contributed by atoms with Crippen LogP contribution in [-0.4, -0.2) is 28.8 Å². The van der Waals surface area contributed by atoms with Crippen LogP contribution in [0.1, 0.15) is 18.9 Å². The highest BCUT2D eigenvalue weighted by molar-refractivity contribution is 6.31. The van der Waals surface area contributed by atoms with Gasteiger partial charge in [0, 0.05) is 34.1 Å². The minimum atomic E-state index is -1.21. The highest BCUT2D eigenvalue weighted by atomic mass is 35.5. The zero-order valence-electron chi connectivity index (χ0n) is 10.9. The van der Waals surface area contributed by atoms with Crippen molar-refractivity contribution in [2.45, 2.75) is 19.4 Å². The molecule has 0 saturated heterocycles. The molecule has 0 amide bonds. The molecule has 0 aliphatic rings. The Balaban J connectivity index is 2.11. The van der Waals surface area contributed by atoms with Gasteiger partial charge in [-0.3, -0.25) is 0 Å². The van der Waals surface area contributed by atoms with Crippen LogP contribution in [0.4, 0.5) is 0 Å². The monoisotopic (exact) mass is 291 g/mol. The molecule has 2 aromatic rings. The third-order valence-electron chi connectivity index (χ3n) is 2.72. The quantitative estimate of drug-likeness (QED) is 0.674. The summed E-state index contributed by atoms with van der Waals surface area (Å²) in [5.41, 5.74) is 1.71. The first-order chi connectivity index (χ1) is 9.61. The van der Waals surface area contributed by atoms with Crippen molar-refractivity contribution >= 4 is 28.5 Å². The lowest BCUT2D eigenvalue weighted by molar-refractivity contribution is -0.152. The molecule has 104 valence electrons. The minimum absolute atomic E-state index is 0.0338. The summed E-state index contributed by atoms with van der Waals surface area (Å²) >= 11 is 5.95. The van der Waals surface area contributed by atoms with Gasteiger partial charge in [-0.25, -0.2) is 4.79 Å². The summed E-state index contributed by atoms with van der Waals surface area (Å²) in [6, 6.07) is 5.48. The van der Waals surface area contributed by atoms with Crippen LogP contribution in [0.2, 0.25) is 5.02 Å². The van der Waals surface area contributed by atoms with E-state index in [1.807, 2.05) is 12.1 Å². The summed E-state index contributed by atoms with van der Waals surface area (Å²) in [5, 5.41) is 11.1. The van der Waals surface area contributed by atoms with Gasteiger partial charge >= 0.3 is 5.97 Å². The third-order valence-corrected chi connectivity index (χ3v) is 2.96. The number of aliphatic hydroxyl groups excluding tert-OH is 1. The van der Waals surface area contributed by atoms with E-state index in [9.17, 15) is 9.90 Å². The van der Waals surface area contributed by atoms with E-state index in [0.29, 0.717) is 5.02 Å². The molecule has 0 saturated carbocycles. The maximum atomic E-state index is 11.2. The molecular weight excluding hydrogens is 278 g/mol. The van der Waals surface area contributed by atoms with Gasteiger partial charge in [0.15, 0.2) is 6.10 Å². The van der Waals surface area contributed by atoms with Crippen LogP contribution in [0.5, 0.6) is 0 Å². The molecule has 1 unspecified atom stereocenters. The fourth-order valence-electron chi connectivity index (χ4n) is 1.76. The Kier molecular flexibility index (Phi) is 4.67. The van der Waals surface area contributed by atoms with E-state index in [-0.39, 0.29) is 13.0 Å². The zero-order valence-corrected chi connectivity index (χ0v) is 11.7. The van der Waals surface area contributed by atoms with Gasteiger partial charge in [0.2, 0.25) is 0 Å². The molecule has 1 atom stereocenters. The molecule has 2 N–H and O–H groups in total. The number of halogens is 1. The molecule has 0 radical (unpaired) electrons. The lowest BCUT2D eigenvalue weighted by Crippen LogP contribution is -2.22. The molecule has 5 heteroatoms. The van der Waals surface area contributed by atoms with E-state index in [1.54, 1.807) is 19.2 Å².